The Hall–Kier alpha value is -0.0400. The van der Waals surface area contributed by atoms with Crippen molar-refractivity contribution in [2.45, 2.75) is 44.9 Å². The minimum Gasteiger partial charge on any atom is -0.383 e. The molecule has 2 N–H and O–H groups in total. The van der Waals surface area contributed by atoms with E-state index in [9.17, 15) is 0 Å². The van der Waals surface area contributed by atoms with E-state index in [1.807, 2.05) is 7.05 Å². The maximum Gasteiger partial charge on any atom is 0.191 e. The maximum absolute atomic E-state index is 5.02. The van der Waals surface area contributed by atoms with Crippen LogP contribution < -0.4 is 10.6 Å². The van der Waals surface area contributed by atoms with E-state index < -0.39 is 0 Å². The SMILES string of the molecule is CN=C(NCCOC)NCC1CCCCCCC1.I. The number of guanidine groups is 1. The summed E-state index contributed by atoms with van der Waals surface area (Å²) in [6.07, 6.45) is 9.77. The Morgan fingerprint density at radius 3 is 2.32 bits per heavy atom. The zero-order valence-corrected chi connectivity index (χ0v) is 14.7. The van der Waals surface area contributed by atoms with Crippen molar-refractivity contribution < 1.29 is 4.74 Å². The van der Waals surface area contributed by atoms with Gasteiger partial charge in [0, 0.05) is 27.2 Å². The lowest BCUT2D eigenvalue weighted by Crippen LogP contribution is -2.41. The van der Waals surface area contributed by atoms with Gasteiger partial charge in [0.25, 0.3) is 0 Å². The second-order valence-electron chi connectivity index (χ2n) is 5.08. The molecule has 0 spiro atoms. The van der Waals surface area contributed by atoms with Gasteiger partial charge in [0.05, 0.1) is 6.61 Å². The second-order valence-corrected chi connectivity index (χ2v) is 5.08. The normalized spacial score (nSPS) is 18.1. The molecule has 0 amide bonds. The van der Waals surface area contributed by atoms with Gasteiger partial charge < -0.3 is 15.4 Å². The molecule has 4 nitrogen and oxygen atoms in total. The van der Waals surface area contributed by atoms with E-state index in [0.717, 1.165) is 25.0 Å². The molecular weight excluding hydrogens is 353 g/mol. The van der Waals surface area contributed by atoms with Gasteiger partial charge in [0.15, 0.2) is 5.96 Å². The van der Waals surface area contributed by atoms with Crippen molar-refractivity contribution in [2.75, 3.05) is 33.9 Å². The Morgan fingerprint density at radius 1 is 1.11 bits per heavy atom. The van der Waals surface area contributed by atoms with Crippen molar-refractivity contribution in [3.8, 4) is 0 Å². The predicted molar refractivity (Wildman–Crippen MR) is 92.5 cm³/mol. The molecule has 1 aliphatic rings. The molecule has 0 heterocycles. The van der Waals surface area contributed by atoms with Crippen molar-refractivity contribution >= 4 is 29.9 Å². The van der Waals surface area contributed by atoms with E-state index in [1.165, 1.54) is 44.9 Å². The number of halogens is 1. The molecule has 114 valence electrons. The number of methoxy groups -OCH3 is 1. The third-order valence-electron chi connectivity index (χ3n) is 3.61. The van der Waals surface area contributed by atoms with Gasteiger partial charge in [0.2, 0.25) is 0 Å². The first-order valence-corrected chi connectivity index (χ1v) is 7.30. The fraction of sp³-hybridized carbons (Fsp3) is 0.929. The van der Waals surface area contributed by atoms with Crippen LogP contribution in [0.1, 0.15) is 44.9 Å². The number of nitrogens with zero attached hydrogens (tertiary/aromatic N) is 1. The van der Waals surface area contributed by atoms with Crippen molar-refractivity contribution in [3.05, 3.63) is 0 Å². The fourth-order valence-electron chi connectivity index (χ4n) is 2.48. The van der Waals surface area contributed by atoms with Crippen LogP contribution in [0.15, 0.2) is 4.99 Å². The largest absolute Gasteiger partial charge is 0.383 e. The van der Waals surface area contributed by atoms with Gasteiger partial charge in [-0.25, -0.2) is 0 Å². The minimum absolute atomic E-state index is 0. The molecule has 0 atom stereocenters. The molecule has 0 aromatic heterocycles. The Bertz CT molecular complexity index is 229. The molecule has 1 rings (SSSR count). The molecule has 19 heavy (non-hydrogen) atoms. The molecular formula is C14H30IN3O. The predicted octanol–water partition coefficient (Wildman–Crippen LogP) is 2.78. The van der Waals surface area contributed by atoms with Gasteiger partial charge in [-0.3, -0.25) is 4.99 Å². The average Bonchev–Trinajstić information content (AvgIpc) is 2.35. The summed E-state index contributed by atoms with van der Waals surface area (Å²) in [5.41, 5.74) is 0. The number of hydrogen-bond donors (Lipinski definition) is 2. The summed E-state index contributed by atoms with van der Waals surface area (Å²) >= 11 is 0. The Morgan fingerprint density at radius 2 is 1.74 bits per heavy atom. The summed E-state index contributed by atoms with van der Waals surface area (Å²) in [6.45, 7) is 2.57. The van der Waals surface area contributed by atoms with Crippen LogP contribution in [0.2, 0.25) is 0 Å². The van der Waals surface area contributed by atoms with Crippen LogP contribution in [0.3, 0.4) is 0 Å². The summed E-state index contributed by atoms with van der Waals surface area (Å²) in [5.74, 6) is 1.71. The van der Waals surface area contributed by atoms with Crippen molar-refractivity contribution in [2.24, 2.45) is 10.9 Å². The average molecular weight is 383 g/mol. The first-order chi connectivity index (χ1) is 8.86. The molecule has 1 saturated carbocycles. The molecule has 5 heteroatoms. The lowest BCUT2D eigenvalue weighted by atomic mass is 9.91. The summed E-state index contributed by atoms with van der Waals surface area (Å²) in [7, 11) is 3.53. The highest BCUT2D eigenvalue weighted by Crippen LogP contribution is 2.21. The summed E-state index contributed by atoms with van der Waals surface area (Å²) in [5, 5.41) is 6.68. The van der Waals surface area contributed by atoms with Crippen molar-refractivity contribution in [1.82, 2.24) is 10.6 Å². The lowest BCUT2D eigenvalue weighted by Gasteiger charge is -2.21. The molecule has 0 unspecified atom stereocenters. The summed E-state index contributed by atoms with van der Waals surface area (Å²) in [4.78, 5) is 4.23. The van der Waals surface area contributed by atoms with Gasteiger partial charge >= 0.3 is 0 Å². The number of nitrogens with one attached hydrogen (secondary N) is 2. The van der Waals surface area contributed by atoms with E-state index in [2.05, 4.69) is 15.6 Å². The highest BCUT2D eigenvalue weighted by molar-refractivity contribution is 14.0. The second kappa shape index (κ2) is 13.0. The first-order valence-electron chi connectivity index (χ1n) is 7.30. The highest BCUT2D eigenvalue weighted by Gasteiger charge is 2.11. The molecule has 0 bridgehead atoms. The Balaban J connectivity index is 0.00000324. The number of aliphatic imine (C=N–C) groups is 1. The maximum atomic E-state index is 5.02. The van der Waals surface area contributed by atoms with Crippen LogP contribution >= 0.6 is 24.0 Å². The summed E-state index contributed by atoms with van der Waals surface area (Å²) in [6, 6.07) is 0. The Kier molecular flexibility index (Phi) is 12.9. The van der Waals surface area contributed by atoms with Crippen LogP contribution in [0.25, 0.3) is 0 Å². The van der Waals surface area contributed by atoms with Gasteiger partial charge in [0.1, 0.15) is 0 Å². The van der Waals surface area contributed by atoms with Crippen LogP contribution in [0, 0.1) is 5.92 Å². The molecule has 0 aromatic rings. The van der Waals surface area contributed by atoms with Crippen LogP contribution in [-0.4, -0.2) is 39.8 Å². The molecule has 1 aliphatic carbocycles. The van der Waals surface area contributed by atoms with Crippen LogP contribution in [0.5, 0.6) is 0 Å². The molecule has 0 aliphatic heterocycles. The molecule has 0 saturated heterocycles. The van der Waals surface area contributed by atoms with Gasteiger partial charge in [-0.15, -0.1) is 24.0 Å². The van der Waals surface area contributed by atoms with E-state index in [4.69, 9.17) is 4.74 Å². The smallest absolute Gasteiger partial charge is 0.191 e. The molecule has 0 aromatic carbocycles. The van der Waals surface area contributed by atoms with E-state index in [0.29, 0.717) is 6.61 Å². The zero-order chi connectivity index (χ0) is 13.1. The number of hydrogen-bond acceptors (Lipinski definition) is 2. The topological polar surface area (TPSA) is 45.7 Å². The van der Waals surface area contributed by atoms with Crippen molar-refractivity contribution in [3.63, 3.8) is 0 Å². The molecule has 1 fully saturated rings. The quantitative estimate of drug-likeness (QED) is 0.332. The van der Waals surface area contributed by atoms with Crippen LogP contribution in [0.4, 0.5) is 0 Å². The van der Waals surface area contributed by atoms with Gasteiger partial charge in [-0.2, -0.15) is 0 Å². The number of ether oxygens (including phenoxy) is 1. The summed E-state index contributed by atoms with van der Waals surface area (Å²) < 4.78 is 5.02. The highest BCUT2D eigenvalue weighted by atomic mass is 127. The monoisotopic (exact) mass is 383 g/mol. The minimum atomic E-state index is 0. The van der Waals surface area contributed by atoms with Crippen molar-refractivity contribution in [1.29, 1.82) is 0 Å². The zero-order valence-electron chi connectivity index (χ0n) is 12.4. The standard InChI is InChI=1S/C14H29N3O.HI/c1-15-14(16-10-11-18-2)17-12-13-8-6-4-3-5-7-9-13;/h13H,3-12H2,1-2H3,(H2,15,16,17);1H. The van der Waals surface area contributed by atoms with E-state index in [1.54, 1.807) is 7.11 Å². The number of rotatable bonds is 5. The van der Waals surface area contributed by atoms with E-state index >= 15 is 0 Å². The first kappa shape index (κ1) is 19.0. The molecule has 0 radical (unpaired) electrons. The van der Waals surface area contributed by atoms with E-state index in [-0.39, 0.29) is 24.0 Å². The lowest BCUT2D eigenvalue weighted by molar-refractivity contribution is 0.203. The Labute approximate surface area is 135 Å². The third-order valence-corrected chi connectivity index (χ3v) is 3.61. The third kappa shape index (κ3) is 9.49. The van der Waals surface area contributed by atoms with Gasteiger partial charge in [-0.1, -0.05) is 32.1 Å². The van der Waals surface area contributed by atoms with Gasteiger partial charge in [-0.05, 0) is 18.8 Å². The fourth-order valence-corrected chi connectivity index (χ4v) is 2.48. The van der Waals surface area contributed by atoms with Crippen LogP contribution in [-0.2, 0) is 4.74 Å².